The lowest BCUT2D eigenvalue weighted by molar-refractivity contribution is -0.144. The first kappa shape index (κ1) is 20.4. The normalized spacial score (nSPS) is 19.8. The number of rotatable bonds is 8. The summed E-state index contributed by atoms with van der Waals surface area (Å²) in [5.41, 5.74) is 2.40. The van der Waals surface area contributed by atoms with Crippen LogP contribution in [-0.4, -0.2) is 44.0 Å². The summed E-state index contributed by atoms with van der Waals surface area (Å²) in [4.78, 5) is 27.4. The molecule has 1 aromatic carbocycles. The van der Waals surface area contributed by atoms with E-state index >= 15 is 0 Å². The van der Waals surface area contributed by atoms with Gasteiger partial charge in [0.05, 0.1) is 6.61 Å². The molecular formula is C21H32N2O3. The summed E-state index contributed by atoms with van der Waals surface area (Å²) in [6.07, 6.45) is 4.60. The molecule has 5 heteroatoms. The molecule has 2 rings (SSSR count). The number of carbonyl (C=O) groups is 2. The molecule has 1 fully saturated rings. The van der Waals surface area contributed by atoms with E-state index in [4.69, 9.17) is 4.74 Å². The standard InChI is InChI=1S/C21H32N2O3/c1-4-16-9-11-17(12-10-16)15-23(13-14-26-3)21(25)19-8-6-5-7-18(19)20(24)22-2/h9-12,18-19H,4-8,13-15H2,1-3H3,(H,22,24)/t18-,19+/m1/s1. The Morgan fingerprint density at radius 2 is 1.73 bits per heavy atom. The molecule has 0 unspecified atom stereocenters. The van der Waals surface area contributed by atoms with E-state index in [1.807, 2.05) is 4.90 Å². The number of ether oxygens (including phenoxy) is 1. The van der Waals surface area contributed by atoms with Crippen LogP contribution in [0.3, 0.4) is 0 Å². The van der Waals surface area contributed by atoms with Crippen LogP contribution >= 0.6 is 0 Å². The second kappa shape index (κ2) is 10.3. The van der Waals surface area contributed by atoms with Crippen molar-refractivity contribution in [3.63, 3.8) is 0 Å². The number of carbonyl (C=O) groups excluding carboxylic acids is 2. The molecule has 1 aliphatic rings. The molecule has 1 aliphatic carbocycles. The van der Waals surface area contributed by atoms with Crippen LogP contribution in [0.4, 0.5) is 0 Å². The average Bonchev–Trinajstić information content (AvgIpc) is 2.70. The van der Waals surface area contributed by atoms with Crippen LogP contribution in [0.1, 0.15) is 43.7 Å². The molecule has 0 aromatic heterocycles. The van der Waals surface area contributed by atoms with Crippen molar-refractivity contribution in [3.8, 4) is 0 Å². The second-order valence-electron chi connectivity index (χ2n) is 7.03. The summed E-state index contributed by atoms with van der Waals surface area (Å²) < 4.78 is 5.21. The van der Waals surface area contributed by atoms with Crippen molar-refractivity contribution >= 4 is 11.8 Å². The topological polar surface area (TPSA) is 58.6 Å². The highest BCUT2D eigenvalue weighted by Gasteiger charge is 2.37. The van der Waals surface area contributed by atoms with Gasteiger partial charge >= 0.3 is 0 Å². The van der Waals surface area contributed by atoms with Crippen molar-refractivity contribution in [2.45, 2.75) is 45.6 Å². The summed E-state index contributed by atoms with van der Waals surface area (Å²) in [6.45, 7) is 3.73. The van der Waals surface area contributed by atoms with Gasteiger partial charge in [-0.25, -0.2) is 0 Å². The number of aryl methyl sites for hydroxylation is 1. The van der Waals surface area contributed by atoms with Crippen molar-refractivity contribution in [1.29, 1.82) is 0 Å². The Bertz CT molecular complexity index is 585. The molecule has 1 N–H and O–H groups in total. The Kier molecular flexibility index (Phi) is 8.10. The van der Waals surface area contributed by atoms with Crippen molar-refractivity contribution in [2.75, 3.05) is 27.3 Å². The van der Waals surface area contributed by atoms with Gasteiger partial charge in [-0.05, 0) is 30.4 Å². The van der Waals surface area contributed by atoms with E-state index < -0.39 is 0 Å². The van der Waals surface area contributed by atoms with E-state index in [0.717, 1.165) is 37.7 Å². The maximum atomic E-state index is 13.3. The van der Waals surface area contributed by atoms with Crippen LogP contribution in [0.25, 0.3) is 0 Å². The summed E-state index contributed by atoms with van der Waals surface area (Å²) >= 11 is 0. The third-order valence-electron chi connectivity index (χ3n) is 5.35. The molecule has 2 atom stereocenters. The lowest BCUT2D eigenvalue weighted by Crippen LogP contribution is -2.45. The smallest absolute Gasteiger partial charge is 0.226 e. The van der Waals surface area contributed by atoms with Gasteiger partial charge in [0.15, 0.2) is 0 Å². The third kappa shape index (κ3) is 5.31. The van der Waals surface area contributed by atoms with E-state index in [1.54, 1.807) is 14.2 Å². The minimum absolute atomic E-state index is 0.0120. The molecule has 1 aromatic rings. The molecule has 26 heavy (non-hydrogen) atoms. The zero-order valence-electron chi connectivity index (χ0n) is 16.3. The Labute approximate surface area is 157 Å². The number of nitrogens with zero attached hydrogens (tertiary/aromatic N) is 1. The fourth-order valence-corrected chi connectivity index (χ4v) is 3.73. The zero-order chi connectivity index (χ0) is 18.9. The van der Waals surface area contributed by atoms with E-state index in [1.165, 1.54) is 5.56 Å². The van der Waals surface area contributed by atoms with Gasteiger partial charge in [-0.3, -0.25) is 9.59 Å². The van der Waals surface area contributed by atoms with Crippen molar-refractivity contribution in [3.05, 3.63) is 35.4 Å². The minimum Gasteiger partial charge on any atom is -0.383 e. The highest BCUT2D eigenvalue weighted by molar-refractivity contribution is 5.87. The SMILES string of the molecule is CCc1ccc(CN(CCOC)C(=O)[C@H]2CCCC[C@H]2C(=O)NC)cc1. The van der Waals surface area contributed by atoms with Gasteiger partial charge in [-0.2, -0.15) is 0 Å². The van der Waals surface area contributed by atoms with Crippen LogP contribution in [0, 0.1) is 11.8 Å². The number of benzene rings is 1. The number of amides is 2. The molecule has 2 amide bonds. The second-order valence-corrected chi connectivity index (χ2v) is 7.03. The lowest BCUT2D eigenvalue weighted by Gasteiger charge is -2.34. The Hall–Kier alpha value is -1.88. The first-order valence-corrected chi connectivity index (χ1v) is 9.67. The fourth-order valence-electron chi connectivity index (χ4n) is 3.73. The van der Waals surface area contributed by atoms with E-state index in [2.05, 4.69) is 36.5 Å². The molecule has 0 spiro atoms. The van der Waals surface area contributed by atoms with Crippen molar-refractivity contribution < 1.29 is 14.3 Å². The zero-order valence-corrected chi connectivity index (χ0v) is 16.3. The van der Waals surface area contributed by atoms with Crippen LogP contribution in [0.5, 0.6) is 0 Å². The molecule has 144 valence electrons. The highest BCUT2D eigenvalue weighted by Crippen LogP contribution is 2.32. The van der Waals surface area contributed by atoms with Crippen LogP contribution < -0.4 is 5.32 Å². The van der Waals surface area contributed by atoms with Gasteiger partial charge in [0, 0.05) is 39.1 Å². The Morgan fingerprint density at radius 3 is 2.31 bits per heavy atom. The molecule has 5 nitrogen and oxygen atoms in total. The average molecular weight is 360 g/mol. The number of hydrogen-bond acceptors (Lipinski definition) is 3. The Balaban J connectivity index is 2.14. The van der Waals surface area contributed by atoms with E-state index in [0.29, 0.717) is 19.7 Å². The molecule has 0 heterocycles. The minimum atomic E-state index is -0.226. The van der Waals surface area contributed by atoms with Gasteiger partial charge in [0.1, 0.15) is 0 Å². The van der Waals surface area contributed by atoms with Crippen LogP contribution in [0.15, 0.2) is 24.3 Å². The van der Waals surface area contributed by atoms with Gasteiger partial charge < -0.3 is 15.0 Å². The monoisotopic (exact) mass is 360 g/mol. The largest absolute Gasteiger partial charge is 0.383 e. The summed E-state index contributed by atoms with van der Waals surface area (Å²) in [7, 11) is 3.29. The summed E-state index contributed by atoms with van der Waals surface area (Å²) in [6, 6.07) is 8.40. The molecule has 0 saturated heterocycles. The quantitative estimate of drug-likeness (QED) is 0.775. The number of nitrogens with one attached hydrogen (secondary N) is 1. The molecule has 0 radical (unpaired) electrons. The number of methoxy groups -OCH3 is 1. The van der Waals surface area contributed by atoms with Gasteiger partial charge in [-0.1, -0.05) is 44.0 Å². The molecule has 0 aliphatic heterocycles. The molecule has 0 bridgehead atoms. The summed E-state index contributed by atoms with van der Waals surface area (Å²) in [5.74, 6) is -0.374. The van der Waals surface area contributed by atoms with E-state index in [-0.39, 0.29) is 23.7 Å². The van der Waals surface area contributed by atoms with Crippen molar-refractivity contribution in [1.82, 2.24) is 10.2 Å². The predicted molar refractivity (Wildman–Crippen MR) is 103 cm³/mol. The maximum Gasteiger partial charge on any atom is 0.226 e. The highest BCUT2D eigenvalue weighted by atomic mass is 16.5. The van der Waals surface area contributed by atoms with E-state index in [9.17, 15) is 9.59 Å². The van der Waals surface area contributed by atoms with Crippen LogP contribution in [-0.2, 0) is 27.3 Å². The Morgan fingerprint density at radius 1 is 1.12 bits per heavy atom. The first-order valence-electron chi connectivity index (χ1n) is 9.67. The lowest BCUT2D eigenvalue weighted by atomic mass is 9.77. The van der Waals surface area contributed by atoms with Crippen LogP contribution in [0.2, 0.25) is 0 Å². The predicted octanol–water partition coefficient (Wildman–Crippen LogP) is 2.78. The van der Waals surface area contributed by atoms with Crippen molar-refractivity contribution in [2.24, 2.45) is 11.8 Å². The van der Waals surface area contributed by atoms with Gasteiger partial charge in [-0.15, -0.1) is 0 Å². The third-order valence-corrected chi connectivity index (χ3v) is 5.35. The fraction of sp³-hybridized carbons (Fsp3) is 0.619. The maximum absolute atomic E-state index is 13.3. The summed E-state index contributed by atoms with van der Waals surface area (Å²) in [5, 5.41) is 2.73. The molecular weight excluding hydrogens is 328 g/mol. The first-order chi connectivity index (χ1) is 12.6. The van der Waals surface area contributed by atoms with Gasteiger partial charge in [0.25, 0.3) is 0 Å². The van der Waals surface area contributed by atoms with Gasteiger partial charge in [0.2, 0.25) is 11.8 Å². The molecule has 1 saturated carbocycles. The number of hydrogen-bond donors (Lipinski definition) is 1.